The zero-order valence-corrected chi connectivity index (χ0v) is 5.56. The highest BCUT2D eigenvalue weighted by Crippen LogP contribution is 1.98. The lowest BCUT2D eigenvalue weighted by Gasteiger charge is -1.89. The fourth-order valence-corrected chi connectivity index (χ4v) is 0.363. The fraction of sp³-hybridized carbons (Fsp3) is 0.167. The van der Waals surface area contributed by atoms with Crippen molar-refractivity contribution in [2.24, 2.45) is 0 Å². The summed E-state index contributed by atoms with van der Waals surface area (Å²) in [7, 11) is 0. The summed E-state index contributed by atoms with van der Waals surface area (Å²) in [6.45, 7) is 3.28. The summed E-state index contributed by atoms with van der Waals surface area (Å²) in [4.78, 5) is 10.0. The van der Waals surface area contributed by atoms with Gasteiger partial charge in [0.05, 0.1) is 0 Å². The maximum absolute atomic E-state index is 10.0. The van der Waals surface area contributed by atoms with E-state index in [-0.39, 0.29) is 5.57 Å². The number of carbonyl (C=O) groups is 1. The highest BCUT2D eigenvalue weighted by Gasteiger charge is 1.98. The van der Waals surface area contributed by atoms with E-state index in [1.54, 1.807) is 0 Å². The molecule has 0 fully saturated rings. The van der Waals surface area contributed by atoms with Crippen molar-refractivity contribution >= 4 is 17.6 Å². The van der Waals surface area contributed by atoms with E-state index < -0.39 is 5.97 Å². The van der Waals surface area contributed by atoms with Crippen LogP contribution in [0.25, 0.3) is 0 Å². The van der Waals surface area contributed by atoms with Crippen molar-refractivity contribution < 1.29 is 9.90 Å². The zero-order chi connectivity index (χ0) is 7.28. The summed E-state index contributed by atoms with van der Waals surface area (Å²) < 4.78 is 0. The van der Waals surface area contributed by atoms with Crippen molar-refractivity contribution in [3.63, 3.8) is 0 Å². The van der Waals surface area contributed by atoms with Crippen LogP contribution < -0.4 is 0 Å². The highest BCUT2D eigenvalue weighted by molar-refractivity contribution is 6.25. The van der Waals surface area contributed by atoms with Gasteiger partial charge in [-0.25, -0.2) is 4.79 Å². The van der Waals surface area contributed by atoms with Crippen molar-refractivity contribution in [2.45, 2.75) is 6.42 Å². The molecule has 0 amide bonds. The fourth-order valence-electron chi connectivity index (χ4n) is 0.274. The van der Waals surface area contributed by atoms with Crippen molar-refractivity contribution in [2.75, 3.05) is 0 Å². The molecule has 0 bridgehead atoms. The maximum atomic E-state index is 10.0. The molecule has 50 valence electrons. The van der Waals surface area contributed by atoms with Crippen LogP contribution in [0.5, 0.6) is 0 Å². The zero-order valence-electron chi connectivity index (χ0n) is 4.80. The molecule has 0 rings (SSSR count). The van der Waals surface area contributed by atoms with Gasteiger partial charge in [0.15, 0.2) is 0 Å². The van der Waals surface area contributed by atoms with E-state index >= 15 is 0 Å². The molecule has 0 aliphatic heterocycles. The van der Waals surface area contributed by atoms with Crippen LogP contribution in [0, 0.1) is 0 Å². The lowest BCUT2D eigenvalue weighted by molar-refractivity contribution is -0.132. The Morgan fingerprint density at radius 3 is 2.67 bits per heavy atom. The first-order valence-corrected chi connectivity index (χ1v) is 2.78. The van der Waals surface area contributed by atoms with Crippen LogP contribution in [0.15, 0.2) is 23.8 Å². The largest absolute Gasteiger partial charge is 0.478 e. The van der Waals surface area contributed by atoms with Crippen LogP contribution in [0.2, 0.25) is 0 Å². The van der Waals surface area contributed by atoms with Gasteiger partial charge < -0.3 is 5.11 Å². The molecule has 0 saturated carbocycles. The molecule has 0 aliphatic carbocycles. The maximum Gasteiger partial charge on any atom is 0.331 e. The van der Waals surface area contributed by atoms with Crippen molar-refractivity contribution in [1.82, 2.24) is 0 Å². The van der Waals surface area contributed by atoms with Crippen LogP contribution in [-0.2, 0) is 4.79 Å². The smallest absolute Gasteiger partial charge is 0.331 e. The molecule has 0 aromatic heterocycles. The minimum absolute atomic E-state index is 0.145. The summed E-state index contributed by atoms with van der Waals surface area (Å²) in [6, 6.07) is 0. The van der Waals surface area contributed by atoms with Gasteiger partial charge in [-0.05, 0) is 6.42 Å². The predicted octanol–water partition coefficient (Wildman–Crippen LogP) is 1.77. The lowest BCUT2D eigenvalue weighted by Crippen LogP contribution is -1.96. The number of aliphatic carboxylic acids is 1. The van der Waals surface area contributed by atoms with Crippen LogP contribution in [-0.4, -0.2) is 11.1 Å². The molecule has 0 aliphatic rings. The minimum atomic E-state index is -0.982. The number of hydrogen-bond donors (Lipinski definition) is 1. The van der Waals surface area contributed by atoms with E-state index in [1.807, 2.05) is 0 Å². The average molecular weight is 147 g/mol. The van der Waals surface area contributed by atoms with Gasteiger partial charge in [0, 0.05) is 11.1 Å². The highest BCUT2D eigenvalue weighted by atomic mass is 35.5. The summed E-state index contributed by atoms with van der Waals surface area (Å²) in [5, 5.41) is 8.23. The van der Waals surface area contributed by atoms with E-state index in [2.05, 4.69) is 6.58 Å². The van der Waals surface area contributed by atoms with Crippen LogP contribution in [0.4, 0.5) is 0 Å². The van der Waals surface area contributed by atoms with Crippen molar-refractivity contribution in [3.05, 3.63) is 23.8 Å². The molecule has 0 aromatic carbocycles. The summed E-state index contributed by atoms with van der Waals surface area (Å²) in [5.41, 5.74) is 1.42. The number of halogens is 1. The molecule has 0 spiro atoms. The van der Waals surface area contributed by atoms with Crippen LogP contribution in [0.1, 0.15) is 6.42 Å². The third kappa shape index (κ3) is 3.79. The van der Waals surface area contributed by atoms with Gasteiger partial charge in [0.25, 0.3) is 0 Å². The first-order chi connectivity index (χ1) is 4.18. The Hall–Kier alpha value is -0.760. The first kappa shape index (κ1) is 8.24. The normalized spacial score (nSPS) is 9.89. The molecule has 3 heteroatoms. The Labute approximate surface area is 58.4 Å². The Morgan fingerprint density at radius 1 is 1.78 bits per heavy atom. The quantitative estimate of drug-likeness (QED) is 0.617. The van der Waals surface area contributed by atoms with E-state index in [9.17, 15) is 4.79 Å². The van der Waals surface area contributed by atoms with Gasteiger partial charge in [0.1, 0.15) is 0 Å². The molecule has 2 nitrogen and oxygen atoms in total. The van der Waals surface area contributed by atoms with Gasteiger partial charge >= 0.3 is 5.97 Å². The molecule has 0 unspecified atom stereocenters. The third-order valence-electron chi connectivity index (χ3n) is 0.756. The number of rotatable bonds is 3. The number of carboxylic acids is 1. The minimum Gasteiger partial charge on any atom is -0.478 e. The summed E-state index contributed by atoms with van der Waals surface area (Å²) >= 11 is 5.14. The number of hydrogen-bond acceptors (Lipinski definition) is 1. The predicted molar refractivity (Wildman–Crippen MR) is 36.4 cm³/mol. The molecule has 0 atom stereocenters. The Bertz CT molecular complexity index is 149. The topological polar surface area (TPSA) is 37.3 Å². The van der Waals surface area contributed by atoms with Gasteiger partial charge in [-0.1, -0.05) is 24.3 Å². The second-order valence-corrected chi connectivity index (χ2v) is 1.73. The Kier molecular flexibility index (Phi) is 3.80. The summed E-state index contributed by atoms with van der Waals surface area (Å²) in [5.74, 6) is -0.982. The second-order valence-electron chi connectivity index (χ2n) is 1.47. The first-order valence-electron chi connectivity index (χ1n) is 2.34. The van der Waals surface area contributed by atoms with Gasteiger partial charge in [-0.3, -0.25) is 0 Å². The molecular weight excluding hydrogens is 140 g/mol. The Morgan fingerprint density at radius 2 is 2.33 bits per heavy atom. The lowest BCUT2D eigenvalue weighted by atomic mass is 10.2. The average Bonchev–Trinajstić information content (AvgIpc) is 1.82. The number of carboxylic acid groups (broad SMARTS) is 1. The SMILES string of the molecule is C=C(C/C=C/Cl)C(=O)O. The summed E-state index contributed by atoms with van der Waals surface area (Å²) in [6.07, 6.45) is 1.83. The van der Waals surface area contributed by atoms with E-state index in [1.165, 1.54) is 11.6 Å². The van der Waals surface area contributed by atoms with Gasteiger partial charge in [0.2, 0.25) is 0 Å². The second kappa shape index (κ2) is 4.15. The molecule has 0 radical (unpaired) electrons. The molecule has 0 aromatic rings. The van der Waals surface area contributed by atoms with E-state index in [0.29, 0.717) is 6.42 Å². The molecule has 0 heterocycles. The Balaban J connectivity index is 3.65. The molecule has 9 heavy (non-hydrogen) atoms. The van der Waals surface area contributed by atoms with Gasteiger partial charge in [-0.15, -0.1) is 0 Å². The number of allylic oxidation sites excluding steroid dienone is 1. The molecular formula is C6H7ClO2. The van der Waals surface area contributed by atoms with E-state index in [4.69, 9.17) is 16.7 Å². The molecule has 0 saturated heterocycles. The van der Waals surface area contributed by atoms with Crippen LogP contribution in [0.3, 0.4) is 0 Å². The molecule has 1 N–H and O–H groups in total. The standard InChI is InChI=1S/C6H7ClO2/c1-5(6(8)9)3-2-4-7/h2,4H,1,3H2,(H,8,9)/b4-2+. The van der Waals surface area contributed by atoms with Crippen molar-refractivity contribution in [1.29, 1.82) is 0 Å². The third-order valence-corrected chi connectivity index (χ3v) is 0.934. The van der Waals surface area contributed by atoms with E-state index in [0.717, 1.165) is 0 Å². The van der Waals surface area contributed by atoms with Crippen LogP contribution >= 0.6 is 11.6 Å². The van der Waals surface area contributed by atoms with Gasteiger partial charge in [-0.2, -0.15) is 0 Å². The van der Waals surface area contributed by atoms with Crippen molar-refractivity contribution in [3.8, 4) is 0 Å². The monoisotopic (exact) mass is 146 g/mol.